The number of phenols is 1. The van der Waals surface area contributed by atoms with Gasteiger partial charge < -0.3 is 9.84 Å². The third kappa shape index (κ3) is 3.40. The summed E-state index contributed by atoms with van der Waals surface area (Å²) in [5.74, 6) is -0.728. The van der Waals surface area contributed by atoms with Crippen molar-refractivity contribution in [1.29, 1.82) is 0 Å². The summed E-state index contributed by atoms with van der Waals surface area (Å²) >= 11 is 11.7. The highest BCUT2D eigenvalue weighted by atomic mass is 35.5. The highest BCUT2D eigenvalue weighted by Crippen LogP contribution is 2.30. The lowest BCUT2D eigenvalue weighted by molar-refractivity contribution is 0.0473. The quantitative estimate of drug-likeness (QED) is 0.869. The van der Waals surface area contributed by atoms with Gasteiger partial charge in [0.1, 0.15) is 12.4 Å². The van der Waals surface area contributed by atoms with Crippen LogP contribution in [0.15, 0.2) is 42.5 Å². The number of hydrogen-bond donors (Lipinski definition) is 1. The van der Waals surface area contributed by atoms with Crippen LogP contribution in [0, 0.1) is 0 Å². The van der Waals surface area contributed by atoms with Gasteiger partial charge in [0.25, 0.3) is 0 Å². The second-order valence-corrected chi connectivity index (χ2v) is 4.66. The number of halogens is 2. The molecule has 0 aliphatic carbocycles. The van der Waals surface area contributed by atoms with Crippen LogP contribution in [0.3, 0.4) is 0 Å². The Balaban J connectivity index is 2.13. The summed E-state index contributed by atoms with van der Waals surface area (Å²) in [5, 5.41) is 9.40. The summed E-state index contributed by atoms with van der Waals surface area (Å²) in [7, 11) is 0. The fraction of sp³-hybridized carbons (Fsp3) is 0.0714. The monoisotopic (exact) mass is 296 g/mol. The minimum Gasteiger partial charge on any atom is -0.508 e. The molecule has 0 aromatic heterocycles. The van der Waals surface area contributed by atoms with Crippen molar-refractivity contribution in [3.05, 3.63) is 63.6 Å². The first-order chi connectivity index (χ1) is 9.08. The van der Waals surface area contributed by atoms with Gasteiger partial charge in [-0.3, -0.25) is 0 Å². The minimum atomic E-state index is -0.626. The van der Waals surface area contributed by atoms with E-state index in [1.165, 1.54) is 12.1 Å². The van der Waals surface area contributed by atoms with E-state index in [4.69, 9.17) is 27.9 Å². The number of carbonyl (C=O) groups excluding carboxylic acids is 1. The number of aromatic hydroxyl groups is 1. The Morgan fingerprint density at radius 1 is 1.11 bits per heavy atom. The molecular weight excluding hydrogens is 287 g/mol. The van der Waals surface area contributed by atoms with Crippen molar-refractivity contribution in [2.24, 2.45) is 0 Å². The van der Waals surface area contributed by atoms with Gasteiger partial charge in [-0.1, -0.05) is 53.5 Å². The first-order valence-electron chi connectivity index (χ1n) is 5.47. The van der Waals surface area contributed by atoms with Crippen molar-refractivity contribution in [2.45, 2.75) is 6.61 Å². The number of phenolic OH excluding ortho intramolecular Hbond substituents is 1. The van der Waals surface area contributed by atoms with E-state index in [1.54, 1.807) is 0 Å². The van der Waals surface area contributed by atoms with Crippen LogP contribution in [-0.4, -0.2) is 11.1 Å². The molecule has 3 nitrogen and oxygen atoms in total. The van der Waals surface area contributed by atoms with Crippen molar-refractivity contribution < 1.29 is 14.6 Å². The lowest BCUT2D eigenvalue weighted by Crippen LogP contribution is -2.06. The van der Waals surface area contributed by atoms with Gasteiger partial charge in [-0.25, -0.2) is 4.79 Å². The fourth-order valence-electron chi connectivity index (χ4n) is 1.55. The van der Waals surface area contributed by atoms with E-state index in [-0.39, 0.29) is 28.0 Å². The first-order valence-corrected chi connectivity index (χ1v) is 6.22. The van der Waals surface area contributed by atoms with Gasteiger partial charge in [0.2, 0.25) is 0 Å². The Bertz CT molecular complexity index is 574. The molecule has 1 N–H and O–H groups in total. The highest BCUT2D eigenvalue weighted by Gasteiger charge is 2.17. The molecule has 0 unspecified atom stereocenters. The molecule has 5 heteroatoms. The van der Waals surface area contributed by atoms with Gasteiger partial charge in [-0.15, -0.1) is 0 Å². The van der Waals surface area contributed by atoms with Crippen LogP contribution in [0.1, 0.15) is 15.9 Å². The summed E-state index contributed by atoms with van der Waals surface area (Å²) in [6, 6.07) is 11.7. The molecule has 19 heavy (non-hydrogen) atoms. The molecule has 0 bridgehead atoms. The number of benzene rings is 2. The van der Waals surface area contributed by atoms with Crippen LogP contribution < -0.4 is 0 Å². The summed E-state index contributed by atoms with van der Waals surface area (Å²) in [4.78, 5) is 11.9. The zero-order valence-electron chi connectivity index (χ0n) is 9.77. The lowest BCUT2D eigenvalue weighted by Gasteiger charge is -2.08. The molecule has 98 valence electrons. The van der Waals surface area contributed by atoms with E-state index in [2.05, 4.69) is 0 Å². The predicted octanol–water partition coefficient (Wildman–Crippen LogP) is 4.06. The SMILES string of the molecule is O=C(OCc1ccccc1)c1c(Cl)cc(O)cc1Cl. The molecule has 0 aliphatic rings. The number of hydrogen-bond acceptors (Lipinski definition) is 3. The normalized spacial score (nSPS) is 10.2. The Morgan fingerprint density at radius 2 is 1.68 bits per heavy atom. The molecule has 0 radical (unpaired) electrons. The van der Waals surface area contributed by atoms with Gasteiger partial charge in [0.05, 0.1) is 15.6 Å². The molecule has 0 spiro atoms. The summed E-state index contributed by atoms with van der Waals surface area (Å²) < 4.78 is 5.13. The Kier molecular flexibility index (Phi) is 4.30. The van der Waals surface area contributed by atoms with Crippen LogP contribution >= 0.6 is 23.2 Å². The molecule has 0 fully saturated rings. The zero-order chi connectivity index (χ0) is 13.8. The van der Waals surface area contributed by atoms with Crippen molar-refractivity contribution >= 4 is 29.2 Å². The molecule has 2 rings (SSSR count). The maximum atomic E-state index is 11.9. The van der Waals surface area contributed by atoms with E-state index in [1.807, 2.05) is 30.3 Å². The lowest BCUT2D eigenvalue weighted by atomic mass is 10.2. The van der Waals surface area contributed by atoms with Gasteiger partial charge >= 0.3 is 5.97 Å². The standard InChI is InChI=1S/C14H10Cl2O3/c15-11-6-10(17)7-12(16)13(11)14(18)19-8-9-4-2-1-3-5-9/h1-7,17H,8H2. The molecule has 2 aromatic carbocycles. The first kappa shape index (κ1) is 13.7. The van der Waals surface area contributed by atoms with E-state index < -0.39 is 5.97 Å². The minimum absolute atomic E-state index is 0.0528. The number of ether oxygens (including phenoxy) is 1. The smallest absolute Gasteiger partial charge is 0.341 e. The van der Waals surface area contributed by atoms with Crippen LogP contribution in [0.2, 0.25) is 10.0 Å². The Hall–Kier alpha value is -1.71. The maximum Gasteiger partial charge on any atom is 0.341 e. The van der Waals surface area contributed by atoms with E-state index in [9.17, 15) is 9.90 Å². The molecule has 2 aromatic rings. The molecule has 0 amide bonds. The summed E-state index contributed by atoms with van der Waals surface area (Å²) in [5.41, 5.74) is 0.916. The fourth-order valence-corrected chi connectivity index (χ4v) is 2.18. The van der Waals surface area contributed by atoms with Crippen molar-refractivity contribution in [3.8, 4) is 5.75 Å². The van der Waals surface area contributed by atoms with Crippen molar-refractivity contribution in [3.63, 3.8) is 0 Å². The van der Waals surface area contributed by atoms with Crippen molar-refractivity contribution in [2.75, 3.05) is 0 Å². The van der Waals surface area contributed by atoms with Crippen LogP contribution in [0.25, 0.3) is 0 Å². The molecule has 0 saturated heterocycles. The van der Waals surface area contributed by atoms with Gasteiger partial charge in [0.15, 0.2) is 0 Å². The molecule has 0 aliphatic heterocycles. The Morgan fingerprint density at radius 3 is 2.26 bits per heavy atom. The Labute approximate surface area is 120 Å². The number of esters is 1. The average Bonchev–Trinajstić information content (AvgIpc) is 2.36. The van der Waals surface area contributed by atoms with Gasteiger partial charge in [0, 0.05) is 0 Å². The van der Waals surface area contributed by atoms with E-state index in [0.29, 0.717) is 0 Å². The summed E-state index contributed by atoms with van der Waals surface area (Å²) in [6.07, 6.45) is 0. The number of rotatable bonds is 3. The third-order valence-corrected chi connectivity index (χ3v) is 3.04. The predicted molar refractivity (Wildman–Crippen MR) is 73.7 cm³/mol. The van der Waals surface area contributed by atoms with Crippen LogP contribution in [-0.2, 0) is 11.3 Å². The van der Waals surface area contributed by atoms with Gasteiger partial charge in [-0.05, 0) is 17.7 Å². The largest absolute Gasteiger partial charge is 0.508 e. The molecule has 0 heterocycles. The third-order valence-electron chi connectivity index (χ3n) is 2.44. The van der Waals surface area contributed by atoms with E-state index >= 15 is 0 Å². The molecule has 0 atom stereocenters. The van der Waals surface area contributed by atoms with E-state index in [0.717, 1.165) is 5.56 Å². The van der Waals surface area contributed by atoms with Crippen molar-refractivity contribution in [1.82, 2.24) is 0 Å². The maximum absolute atomic E-state index is 11.9. The molecular formula is C14H10Cl2O3. The second-order valence-electron chi connectivity index (χ2n) is 3.85. The molecule has 0 saturated carbocycles. The van der Waals surface area contributed by atoms with Crippen LogP contribution in [0.4, 0.5) is 0 Å². The average molecular weight is 297 g/mol. The van der Waals surface area contributed by atoms with Gasteiger partial charge in [-0.2, -0.15) is 0 Å². The number of carbonyl (C=O) groups is 1. The second kappa shape index (κ2) is 5.95. The highest BCUT2D eigenvalue weighted by molar-refractivity contribution is 6.39. The summed E-state index contributed by atoms with van der Waals surface area (Å²) in [6.45, 7) is 0.132. The van der Waals surface area contributed by atoms with Crippen LogP contribution in [0.5, 0.6) is 5.75 Å². The zero-order valence-corrected chi connectivity index (χ0v) is 11.3. The topological polar surface area (TPSA) is 46.5 Å².